The van der Waals surface area contributed by atoms with Crippen LogP contribution in [0.25, 0.3) is 5.57 Å². The number of allylic oxidation sites excluding steroid dienone is 2. The summed E-state index contributed by atoms with van der Waals surface area (Å²) in [4.78, 5) is 1.47. The molecule has 15 heavy (non-hydrogen) atoms. The molecule has 0 saturated heterocycles. The molecule has 84 valence electrons. The first-order valence-corrected chi connectivity index (χ1v) is 6.99. The molecule has 1 heteroatoms. The van der Waals surface area contributed by atoms with Crippen molar-refractivity contribution in [2.24, 2.45) is 0 Å². The Balaban J connectivity index is 2.50. The lowest BCUT2D eigenvalue weighted by Gasteiger charge is -2.03. The van der Waals surface area contributed by atoms with Gasteiger partial charge < -0.3 is 0 Å². The molecule has 0 aliphatic rings. The van der Waals surface area contributed by atoms with E-state index in [4.69, 9.17) is 0 Å². The van der Waals surface area contributed by atoms with E-state index in [2.05, 4.69) is 37.4 Å². The topological polar surface area (TPSA) is 0 Å². The minimum Gasteiger partial charge on any atom is -0.144 e. The molecule has 1 rings (SSSR count). The number of thiophene rings is 1. The molecular weight excluding hydrogens is 200 g/mol. The van der Waals surface area contributed by atoms with Gasteiger partial charge >= 0.3 is 0 Å². The molecule has 0 radical (unpaired) electrons. The van der Waals surface area contributed by atoms with Gasteiger partial charge in [0.2, 0.25) is 0 Å². The molecule has 0 nitrogen and oxygen atoms in total. The smallest absolute Gasteiger partial charge is 0.0299 e. The Morgan fingerprint density at radius 3 is 2.73 bits per heavy atom. The fourth-order valence-corrected chi connectivity index (χ4v) is 2.52. The van der Waals surface area contributed by atoms with Gasteiger partial charge in [-0.25, -0.2) is 0 Å². The molecule has 0 bridgehead atoms. The van der Waals surface area contributed by atoms with E-state index in [1.807, 2.05) is 11.3 Å². The van der Waals surface area contributed by atoms with E-state index in [0.29, 0.717) is 0 Å². The van der Waals surface area contributed by atoms with Gasteiger partial charge in [-0.05, 0) is 36.3 Å². The van der Waals surface area contributed by atoms with Crippen LogP contribution in [0.5, 0.6) is 0 Å². The summed E-state index contributed by atoms with van der Waals surface area (Å²) in [6.45, 7) is 4.52. The second-order valence-corrected chi connectivity index (χ2v) is 4.90. The molecule has 0 aliphatic carbocycles. The Bertz CT molecular complexity index is 270. The van der Waals surface area contributed by atoms with Gasteiger partial charge in [-0.2, -0.15) is 0 Å². The lowest BCUT2D eigenvalue weighted by atomic mass is 10.1. The fraction of sp³-hybridized carbons (Fsp3) is 0.571. The second-order valence-electron chi connectivity index (χ2n) is 3.95. The molecule has 1 aromatic heterocycles. The number of hydrogen-bond acceptors (Lipinski definition) is 1. The lowest BCUT2D eigenvalue weighted by molar-refractivity contribution is 0.728. The van der Waals surface area contributed by atoms with Gasteiger partial charge in [0.05, 0.1) is 0 Å². The summed E-state index contributed by atoms with van der Waals surface area (Å²) in [5.74, 6) is 0. The van der Waals surface area contributed by atoms with E-state index in [1.165, 1.54) is 43.4 Å². The number of hydrogen-bond donors (Lipinski definition) is 0. The lowest BCUT2D eigenvalue weighted by Crippen LogP contribution is -1.81. The van der Waals surface area contributed by atoms with Crippen LogP contribution in [-0.4, -0.2) is 0 Å². The molecule has 0 unspecified atom stereocenters. The van der Waals surface area contributed by atoms with E-state index in [1.54, 1.807) is 5.57 Å². The van der Waals surface area contributed by atoms with Crippen molar-refractivity contribution in [3.05, 3.63) is 28.5 Å². The Labute approximate surface area is 98.0 Å². The Hall–Kier alpha value is -0.560. The van der Waals surface area contributed by atoms with E-state index < -0.39 is 0 Å². The van der Waals surface area contributed by atoms with Crippen LogP contribution < -0.4 is 0 Å². The molecule has 0 atom stereocenters. The van der Waals surface area contributed by atoms with Crippen molar-refractivity contribution in [1.82, 2.24) is 0 Å². The van der Waals surface area contributed by atoms with Gasteiger partial charge in [-0.1, -0.05) is 45.3 Å². The zero-order valence-corrected chi connectivity index (χ0v) is 10.8. The van der Waals surface area contributed by atoms with Gasteiger partial charge in [-0.3, -0.25) is 0 Å². The van der Waals surface area contributed by atoms with Crippen molar-refractivity contribution in [1.29, 1.82) is 0 Å². The number of unbranched alkanes of at least 4 members (excludes halogenated alkanes) is 3. The van der Waals surface area contributed by atoms with Crippen molar-refractivity contribution in [2.75, 3.05) is 0 Å². The SMILES string of the molecule is CCCCC/C=C(\CCC)c1cccs1. The second kappa shape index (κ2) is 7.70. The van der Waals surface area contributed by atoms with Crippen molar-refractivity contribution in [2.45, 2.75) is 52.4 Å². The van der Waals surface area contributed by atoms with E-state index in [0.717, 1.165) is 0 Å². The highest BCUT2D eigenvalue weighted by atomic mass is 32.1. The molecule has 0 spiro atoms. The monoisotopic (exact) mass is 222 g/mol. The first kappa shape index (κ1) is 12.5. The zero-order chi connectivity index (χ0) is 10.9. The molecule has 0 amide bonds. The first-order valence-electron chi connectivity index (χ1n) is 6.11. The van der Waals surface area contributed by atoms with Crippen molar-refractivity contribution in [3.63, 3.8) is 0 Å². The van der Waals surface area contributed by atoms with Gasteiger partial charge in [-0.15, -0.1) is 11.3 Å². The molecule has 0 aromatic carbocycles. The third-order valence-corrected chi connectivity index (χ3v) is 3.50. The van der Waals surface area contributed by atoms with Gasteiger partial charge in [0.15, 0.2) is 0 Å². The molecule has 0 saturated carbocycles. The van der Waals surface area contributed by atoms with Crippen LogP contribution >= 0.6 is 11.3 Å². The summed E-state index contributed by atoms with van der Waals surface area (Å²) < 4.78 is 0. The molecule has 0 N–H and O–H groups in total. The quantitative estimate of drug-likeness (QED) is 0.533. The standard InChI is InChI=1S/C14H22S/c1-3-5-6-7-10-13(9-4-2)14-11-8-12-15-14/h8,10-12H,3-7,9H2,1-2H3/b13-10+. The Morgan fingerprint density at radius 1 is 1.27 bits per heavy atom. The zero-order valence-electron chi connectivity index (χ0n) is 9.96. The third kappa shape index (κ3) is 4.65. The highest BCUT2D eigenvalue weighted by Gasteiger charge is 2.00. The molecule has 0 fully saturated rings. The van der Waals surface area contributed by atoms with Gasteiger partial charge in [0, 0.05) is 4.88 Å². The highest BCUT2D eigenvalue weighted by Crippen LogP contribution is 2.25. The molecule has 1 heterocycles. The van der Waals surface area contributed by atoms with E-state index >= 15 is 0 Å². The summed E-state index contributed by atoms with van der Waals surface area (Å²) in [5.41, 5.74) is 1.56. The van der Waals surface area contributed by atoms with Crippen LogP contribution in [0.15, 0.2) is 23.6 Å². The Kier molecular flexibility index (Phi) is 6.42. The molecule has 0 aliphatic heterocycles. The fourth-order valence-electron chi connectivity index (χ4n) is 1.73. The summed E-state index contributed by atoms with van der Waals surface area (Å²) >= 11 is 1.87. The maximum absolute atomic E-state index is 2.45. The van der Waals surface area contributed by atoms with Crippen LogP contribution in [0.1, 0.15) is 57.2 Å². The average molecular weight is 222 g/mol. The van der Waals surface area contributed by atoms with Crippen LogP contribution in [0.3, 0.4) is 0 Å². The minimum absolute atomic E-state index is 1.23. The van der Waals surface area contributed by atoms with Crippen LogP contribution in [0, 0.1) is 0 Å². The Morgan fingerprint density at radius 2 is 2.13 bits per heavy atom. The summed E-state index contributed by atoms with van der Waals surface area (Å²) in [5, 5.41) is 2.17. The van der Waals surface area contributed by atoms with Crippen LogP contribution in [-0.2, 0) is 0 Å². The van der Waals surface area contributed by atoms with E-state index in [9.17, 15) is 0 Å². The number of rotatable bonds is 7. The molecule has 1 aromatic rings. The summed E-state index contributed by atoms with van der Waals surface area (Å²) in [6.07, 6.45) is 10.2. The first-order chi connectivity index (χ1) is 7.38. The maximum Gasteiger partial charge on any atom is 0.0299 e. The average Bonchev–Trinajstić information content (AvgIpc) is 2.76. The summed E-state index contributed by atoms with van der Waals surface area (Å²) in [7, 11) is 0. The normalized spacial score (nSPS) is 12.0. The predicted octanol–water partition coefficient (Wildman–Crippen LogP) is 5.51. The summed E-state index contributed by atoms with van der Waals surface area (Å²) in [6, 6.07) is 4.39. The van der Waals surface area contributed by atoms with Crippen molar-refractivity contribution < 1.29 is 0 Å². The molecular formula is C14H22S. The van der Waals surface area contributed by atoms with Crippen LogP contribution in [0.4, 0.5) is 0 Å². The van der Waals surface area contributed by atoms with Gasteiger partial charge in [0.25, 0.3) is 0 Å². The minimum atomic E-state index is 1.23. The van der Waals surface area contributed by atoms with Gasteiger partial charge in [0.1, 0.15) is 0 Å². The maximum atomic E-state index is 2.45. The van der Waals surface area contributed by atoms with Crippen molar-refractivity contribution >= 4 is 16.9 Å². The third-order valence-electron chi connectivity index (χ3n) is 2.56. The van der Waals surface area contributed by atoms with Crippen LogP contribution in [0.2, 0.25) is 0 Å². The predicted molar refractivity (Wildman–Crippen MR) is 71.3 cm³/mol. The van der Waals surface area contributed by atoms with E-state index in [-0.39, 0.29) is 0 Å². The highest BCUT2D eigenvalue weighted by molar-refractivity contribution is 7.11. The van der Waals surface area contributed by atoms with Crippen molar-refractivity contribution in [3.8, 4) is 0 Å². The largest absolute Gasteiger partial charge is 0.144 e.